The molecule has 0 radical (unpaired) electrons. The molecule has 2 atom stereocenters. The van der Waals surface area contributed by atoms with Gasteiger partial charge in [0, 0.05) is 30.9 Å². The lowest BCUT2D eigenvalue weighted by Gasteiger charge is -2.49. The molecule has 0 aromatic rings. The van der Waals surface area contributed by atoms with Crippen molar-refractivity contribution in [1.29, 1.82) is 0 Å². The Morgan fingerprint density at radius 3 is 2.29 bits per heavy atom. The van der Waals surface area contributed by atoms with Crippen molar-refractivity contribution >= 4 is 9.84 Å². The molecule has 2 fully saturated rings. The lowest BCUT2D eigenvalue weighted by atomic mass is 9.82. The Morgan fingerprint density at radius 1 is 1.24 bits per heavy atom. The van der Waals surface area contributed by atoms with Gasteiger partial charge in [-0.3, -0.25) is 4.90 Å². The minimum atomic E-state index is -2.83. The van der Waals surface area contributed by atoms with Gasteiger partial charge in [-0.15, -0.1) is 0 Å². The van der Waals surface area contributed by atoms with E-state index in [1.807, 2.05) is 7.05 Å². The zero-order valence-electron chi connectivity index (χ0n) is 10.9. The van der Waals surface area contributed by atoms with Crippen LogP contribution in [0.4, 0.5) is 0 Å². The molecule has 2 bridgehead atoms. The number of sulfone groups is 1. The van der Waals surface area contributed by atoms with Crippen LogP contribution in [0.3, 0.4) is 0 Å². The summed E-state index contributed by atoms with van der Waals surface area (Å²) in [6.45, 7) is 0.727. The number of hydrogen-bond donors (Lipinski definition) is 1. The first-order valence-electron chi connectivity index (χ1n) is 6.60. The van der Waals surface area contributed by atoms with Gasteiger partial charge in [0.05, 0.1) is 5.75 Å². The number of rotatable bonds is 4. The molecule has 0 aromatic carbocycles. The van der Waals surface area contributed by atoms with Crippen molar-refractivity contribution in [3.8, 4) is 0 Å². The number of nitrogens with zero attached hydrogens (tertiary/aromatic N) is 1. The smallest absolute Gasteiger partial charge is 0.148 e. The summed E-state index contributed by atoms with van der Waals surface area (Å²) in [6, 6.07) is 1.82. The van der Waals surface area contributed by atoms with Gasteiger partial charge in [-0.2, -0.15) is 0 Å². The first-order valence-corrected chi connectivity index (χ1v) is 8.66. The molecule has 2 aliphatic rings. The third-order valence-corrected chi connectivity index (χ3v) is 5.18. The monoisotopic (exact) mass is 260 g/mol. The van der Waals surface area contributed by atoms with E-state index in [0.29, 0.717) is 23.9 Å². The second kappa shape index (κ2) is 5.24. The van der Waals surface area contributed by atoms with Crippen LogP contribution in [0, 0.1) is 0 Å². The summed E-state index contributed by atoms with van der Waals surface area (Å²) in [5, 5.41) is 3.38. The average Bonchev–Trinajstić information content (AvgIpc) is 2.24. The van der Waals surface area contributed by atoms with Crippen molar-refractivity contribution < 1.29 is 8.42 Å². The molecule has 0 aliphatic carbocycles. The third kappa shape index (κ3) is 3.42. The maximum atomic E-state index is 11.3. The molecule has 2 saturated heterocycles. The topological polar surface area (TPSA) is 49.4 Å². The largest absolute Gasteiger partial charge is 0.317 e. The molecule has 2 unspecified atom stereocenters. The molecule has 1 N–H and O–H groups in total. The maximum Gasteiger partial charge on any atom is 0.148 e. The van der Waals surface area contributed by atoms with E-state index in [1.54, 1.807) is 0 Å². The lowest BCUT2D eigenvalue weighted by Crippen LogP contribution is -2.56. The average molecular weight is 260 g/mol. The van der Waals surface area contributed by atoms with Crippen LogP contribution in [0.2, 0.25) is 0 Å². The van der Waals surface area contributed by atoms with Crippen LogP contribution in [-0.4, -0.2) is 57.0 Å². The van der Waals surface area contributed by atoms with Crippen LogP contribution in [-0.2, 0) is 9.84 Å². The molecule has 0 saturated carbocycles. The van der Waals surface area contributed by atoms with Gasteiger partial charge in [0.1, 0.15) is 9.84 Å². The number of piperidine rings is 2. The Labute approximate surface area is 105 Å². The number of hydrogen-bond acceptors (Lipinski definition) is 4. The minimum Gasteiger partial charge on any atom is -0.317 e. The normalized spacial score (nSPS) is 34.8. The molecule has 17 heavy (non-hydrogen) atoms. The Morgan fingerprint density at radius 2 is 1.82 bits per heavy atom. The zero-order valence-corrected chi connectivity index (χ0v) is 11.7. The molecule has 2 aliphatic heterocycles. The second-order valence-corrected chi connectivity index (χ2v) is 7.82. The summed E-state index contributed by atoms with van der Waals surface area (Å²) in [6.07, 6.45) is 7.47. The van der Waals surface area contributed by atoms with Gasteiger partial charge in [0.2, 0.25) is 0 Å². The van der Waals surface area contributed by atoms with Crippen molar-refractivity contribution in [3.05, 3.63) is 0 Å². The fourth-order valence-corrected chi connectivity index (χ4v) is 3.89. The Balaban J connectivity index is 1.98. The SMILES string of the molecule is CNC1CC2CCCC(C1)N2CCS(C)(=O)=O. The van der Waals surface area contributed by atoms with Gasteiger partial charge in [0.15, 0.2) is 0 Å². The van der Waals surface area contributed by atoms with Crippen LogP contribution in [0.15, 0.2) is 0 Å². The fourth-order valence-electron chi connectivity index (χ4n) is 3.35. The Hall–Kier alpha value is -0.130. The summed E-state index contributed by atoms with van der Waals surface area (Å²) >= 11 is 0. The van der Waals surface area contributed by atoms with Crippen molar-refractivity contribution in [2.24, 2.45) is 0 Å². The fraction of sp³-hybridized carbons (Fsp3) is 1.00. The molecular weight excluding hydrogens is 236 g/mol. The van der Waals surface area contributed by atoms with E-state index in [2.05, 4.69) is 10.2 Å². The first kappa shape index (κ1) is 13.3. The maximum absolute atomic E-state index is 11.3. The van der Waals surface area contributed by atoms with Crippen molar-refractivity contribution in [3.63, 3.8) is 0 Å². The van der Waals surface area contributed by atoms with Gasteiger partial charge >= 0.3 is 0 Å². The summed E-state index contributed by atoms with van der Waals surface area (Å²) in [7, 11) is -0.797. The van der Waals surface area contributed by atoms with Gasteiger partial charge < -0.3 is 5.32 Å². The van der Waals surface area contributed by atoms with Gasteiger partial charge in [-0.1, -0.05) is 6.42 Å². The molecule has 2 rings (SSSR count). The number of nitrogens with one attached hydrogen (secondary N) is 1. The molecule has 0 amide bonds. The molecular formula is C12H24N2O2S. The number of fused-ring (bicyclic) bond motifs is 2. The van der Waals surface area contributed by atoms with Crippen LogP contribution >= 0.6 is 0 Å². The van der Waals surface area contributed by atoms with Crippen LogP contribution in [0.25, 0.3) is 0 Å². The van der Waals surface area contributed by atoms with Crippen LogP contribution in [0.5, 0.6) is 0 Å². The van der Waals surface area contributed by atoms with E-state index in [1.165, 1.54) is 38.4 Å². The molecule has 4 nitrogen and oxygen atoms in total. The van der Waals surface area contributed by atoms with Gasteiger partial charge in [0.25, 0.3) is 0 Å². The summed E-state index contributed by atoms with van der Waals surface area (Å²) < 4.78 is 22.6. The van der Waals surface area contributed by atoms with Crippen molar-refractivity contribution in [2.45, 2.75) is 50.2 Å². The predicted octanol–water partition coefficient (Wildman–Crippen LogP) is 0.636. The predicted molar refractivity (Wildman–Crippen MR) is 69.9 cm³/mol. The van der Waals surface area contributed by atoms with E-state index in [9.17, 15) is 8.42 Å². The van der Waals surface area contributed by atoms with Crippen molar-refractivity contribution in [2.75, 3.05) is 25.6 Å². The second-order valence-electron chi connectivity index (χ2n) is 5.56. The zero-order chi connectivity index (χ0) is 12.5. The molecule has 0 aromatic heterocycles. The first-order chi connectivity index (χ1) is 7.99. The summed E-state index contributed by atoms with van der Waals surface area (Å²) in [5.74, 6) is 0.310. The summed E-state index contributed by atoms with van der Waals surface area (Å²) in [5.41, 5.74) is 0. The highest BCUT2D eigenvalue weighted by atomic mass is 32.2. The Kier molecular flexibility index (Phi) is 4.10. The van der Waals surface area contributed by atoms with E-state index in [0.717, 1.165) is 6.54 Å². The van der Waals surface area contributed by atoms with E-state index in [-0.39, 0.29) is 0 Å². The standard InChI is InChI=1S/C12H24N2O2S/c1-13-10-8-11-4-3-5-12(9-10)14(11)6-7-17(2,15)16/h10-13H,3-9H2,1-2H3. The molecule has 100 valence electrons. The van der Waals surface area contributed by atoms with Crippen LogP contribution in [0.1, 0.15) is 32.1 Å². The third-order valence-electron chi connectivity index (χ3n) is 4.25. The minimum absolute atomic E-state index is 0.310. The van der Waals surface area contributed by atoms with E-state index < -0.39 is 9.84 Å². The highest BCUT2D eigenvalue weighted by Gasteiger charge is 2.37. The van der Waals surface area contributed by atoms with E-state index in [4.69, 9.17) is 0 Å². The van der Waals surface area contributed by atoms with E-state index >= 15 is 0 Å². The van der Waals surface area contributed by atoms with Gasteiger partial charge in [-0.05, 0) is 32.7 Å². The molecule has 0 spiro atoms. The highest BCUT2D eigenvalue weighted by molar-refractivity contribution is 7.90. The van der Waals surface area contributed by atoms with Gasteiger partial charge in [-0.25, -0.2) is 8.42 Å². The van der Waals surface area contributed by atoms with Crippen molar-refractivity contribution in [1.82, 2.24) is 10.2 Å². The lowest BCUT2D eigenvalue weighted by molar-refractivity contribution is 0.0315. The summed E-state index contributed by atoms with van der Waals surface area (Å²) in [4.78, 5) is 2.46. The molecule has 5 heteroatoms. The highest BCUT2D eigenvalue weighted by Crippen LogP contribution is 2.33. The van der Waals surface area contributed by atoms with Crippen LogP contribution < -0.4 is 5.32 Å². The molecule has 2 heterocycles. The Bertz CT molecular complexity index is 342. The quantitative estimate of drug-likeness (QED) is 0.806.